The van der Waals surface area contributed by atoms with Crippen LogP contribution in [-0.2, 0) is 9.53 Å². The van der Waals surface area contributed by atoms with Gasteiger partial charge in [0.1, 0.15) is 0 Å². The van der Waals surface area contributed by atoms with E-state index in [9.17, 15) is 4.79 Å². The van der Waals surface area contributed by atoms with Gasteiger partial charge in [-0.3, -0.25) is 0 Å². The lowest BCUT2D eigenvalue weighted by Crippen LogP contribution is -2.01. The van der Waals surface area contributed by atoms with E-state index in [0.29, 0.717) is 6.61 Å². The van der Waals surface area contributed by atoms with E-state index in [-0.39, 0.29) is 5.97 Å². The number of hydrogen-bond donors (Lipinski definition) is 0. The van der Waals surface area contributed by atoms with Gasteiger partial charge < -0.3 is 4.74 Å². The van der Waals surface area contributed by atoms with Gasteiger partial charge in [-0.1, -0.05) is 13.3 Å². The number of carbonyl (C=O) groups is 1. The molecule has 76 valence electrons. The second kappa shape index (κ2) is 6.38. The molecule has 0 unspecified atom stereocenters. The predicted molar refractivity (Wildman–Crippen MR) is 59.2 cm³/mol. The molecule has 0 aromatic carbocycles. The van der Waals surface area contributed by atoms with Crippen LogP contribution in [-0.4, -0.2) is 12.6 Å². The first kappa shape index (κ1) is 11.0. The fourth-order valence-corrected chi connectivity index (χ4v) is 1.53. The average Bonchev–Trinajstić information content (AvgIpc) is 2.68. The average molecular weight is 210 g/mol. The minimum absolute atomic E-state index is 0.260. The molecule has 0 aliphatic heterocycles. The van der Waals surface area contributed by atoms with Crippen molar-refractivity contribution in [1.29, 1.82) is 0 Å². The normalized spacial score (nSPS) is 10.6. The Hall–Kier alpha value is -1.09. The van der Waals surface area contributed by atoms with Crippen LogP contribution in [0.2, 0.25) is 0 Å². The fraction of sp³-hybridized carbons (Fsp3) is 0.364. The number of thiophene rings is 1. The molecule has 0 saturated carbocycles. The van der Waals surface area contributed by atoms with Gasteiger partial charge in [0.2, 0.25) is 0 Å². The summed E-state index contributed by atoms with van der Waals surface area (Å²) < 4.78 is 4.96. The molecule has 0 amide bonds. The van der Waals surface area contributed by atoms with Crippen molar-refractivity contribution in [2.24, 2.45) is 0 Å². The number of carbonyl (C=O) groups excluding carboxylic acids is 1. The van der Waals surface area contributed by atoms with Gasteiger partial charge in [0.25, 0.3) is 0 Å². The Kier molecular flexibility index (Phi) is 5.00. The molecule has 0 radical (unpaired) electrons. The Bertz CT molecular complexity index is 288. The summed E-state index contributed by atoms with van der Waals surface area (Å²) in [6, 6.07) is 1.96. The molecule has 14 heavy (non-hydrogen) atoms. The van der Waals surface area contributed by atoms with Gasteiger partial charge >= 0.3 is 5.97 Å². The van der Waals surface area contributed by atoms with Crippen LogP contribution in [0.3, 0.4) is 0 Å². The Balaban J connectivity index is 2.26. The van der Waals surface area contributed by atoms with Crippen molar-refractivity contribution in [2.45, 2.75) is 19.8 Å². The fourth-order valence-electron chi connectivity index (χ4n) is 0.899. The van der Waals surface area contributed by atoms with Crippen molar-refractivity contribution >= 4 is 23.4 Å². The quantitative estimate of drug-likeness (QED) is 0.424. The van der Waals surface area contributed by atoms with Gasteiger partial charge in [-0.05, 0) is 34.9 Å². The summed E-state index contributed by atoms with van der Waals surface area (Å²) in [6.45, 7) is 2.58. The van der Waals surface area contributed by atoms with Crippen LogP contribution in [0.25, 0.3) is 6.08 Å². The van der Waals surface area contributed by atoms with Crippen LogP contribution >= 0.6 is 11.3 Å². The Labute approximate surface area is 88.2 Å². The maximum absolute atomic E-state index is 11.1. The first-order chi connectivity index (χ1) is 6.83. The minimum Gasteiger partial charge on any atom is -0.463 e. The summed E-state index contributed by atoms with van der Waals surface area (Å²) in [5, 5.41) is 3.96. The second-order valence-corrected chi connectivity index (χ2v) is 3.69. The summed E-state index contributed by atoms with van der Waals surface area (Å²) in [6.07, 6.45) is 5.21. The lowest BCUT2D eigenvalue weighted by Gasteiger charge is -1.98. The molecule has 1 heterocycles. The van der Waals surface area contributed by atoms with Crippen molar-refractivity contribution in [3.05, 3.63) is 28.5 Å². The minimum atomic E-state index is -0.260. The highest BCUT2D eigenvalue weighted by Gasteiger charge is 1.95. The van der Waals surface area contributed by atoms with E-state index in [1.165, 1.54) is 6.08 Å². The molecule has 0 atom stereocenters. The van der Waals surface area contributed by atoms with E-state index in [1.54, 1.807) is 17.4 Å². The molecule has 1 aromatic rings. The molecule has 0 aliphatic rings. The molecule has 1 rings (SSSR count). The largest absolute Gasteiger partial charge is 0.463 e. The topological polar surface area (TPSA) is 26.3 Å². The van der Waals surface area contributed by atoms with Crippen LogP contribution in [0.1, 0.15) is 25.3 Å². The highest BCUT2D eigenvalue weighted by atomic mass is 32.1. The van der Waals surface area contributed by atoms with Crippen LogP contribution in [0.4, 0.5) is 0 Å². The Morgan fingerprint density at radius 3 is 3.14 bits per heavy atom. The summed E-state index contributed by atoms with van der Waals surface area (Å²) in [4.78, 5) is 11.1. The maximum atomic E-state index is 11.1. The number of unbranched alkanes of at least 4 members (excludes halogenated alkanes) is 1. The highest BCUT2D eigenvalue weighted by Crippen LogP contribution is 2.07. The van der Waals surface area contributed by atoms with E-state index in [0.717, 1.165) is 18.4 Å². The number of rotatable bonds is 5. The number of ether oxygens (including phenoxy) is 1. The summed E-state index contributed by atoms with van der Waals surface area (Å²) >= 11 is 1.61. The molecule has 0 spiro atoms. The van der Waals surface area contributed by atoms with Crippen LogP contribution in [0.15, 0.2) is 22.9 Å². The van der Waals surface area contributed by atoms with E-state index in [2.05, 4.69) is 6.92 Å². The zero-order valence-corrected chi connectivity index (χ0v) is 9.05. The molecule has 0 bridgehead atoms. The van der Waals surface area contributed by atoms with Gasteiger partial charge in [-0.15, -0.1) is 0 Å². The molecule has 0 fully saturated rings. The van der Waals surface area contributed by atoms with Gasteiger partial charge in [0.05, 0.1) is 6.61 Å². The summed E-state index contributed by atoms with van der Waals surface area (Å²) in [7, 11) is 0. The maximum Gasteiger partial charge on any atom is 0.330 e. The molecule has 0 saturated heterocycles. The van der Waals surface area contributed by atoms with Crippen molar-refractivity contribution < 1.29 is 9.53 Å². The van der Waals surface area contributed by atoms with Crippen LogP contribution in [0.5, 0.6) is 0 Å². The van der Waals surface area contributed by atoms with Gasteiger partial charge in [0.15, 0.2) is 0 Å². The highest BCUT2D eigenvalue weighted by molar-refractivity contribution is 7.08. The van der Waals surface area contributed by atoms with Gasteiger partial charge in [-0.2, -0.15) is 11.3 Å². The SMILES string of the molecule is CCCCOC(=O)/C=C/c1ccsc1. The lowest BCUT2D eigenvalue weighted by molar-refractivity contribution is -0.137. The summed E-state index contributed by atoms with van der Waals surface area (Å²) in [5.74, 6) is -0.260. The van der Waals surface area contributed by atoms with Crippen molar-refractivity contribution in [3.8, 4) is 0 Å². The van der Waals surface area contributed by atoms with E-state index < -0.39 is 0 Å². The zero-order chi connectivity index (χ0) is 10.2. The Morgan fingerprint density at radius 2 is 2.50 bits per heavy atom. The van der Waals surface area contributed by atoms with E-state index >= 15 is 0 Å². The lowest BCUT2D eigenvalue weighted by atomic mass is 10.3. The second-order valence-electron chi connectivity index (χ2n) is 2.91. The smallest absolute Gasteiger partial charge is 0.330 e. The molecule has 0 aliphatic carbocycles. The zero-order valence-electron chi connectivity index (χ0n) is 8.23. The van der Waals surface area contributed by atoms with Gasteiger partial charge in [-0.25, -0.2) is 4.79 Å². The van der Waals surface area contributed by atoms with Crippen molar-refractivity contribution in [1.82, 2.24) is 0 Å². The van der Waals surface area contributed by atoms with E-state index in [4.69, 9.17) is 4.74 Å². The monoisotopic (exact) mass is 210 g/mol. The third kappa shape index (κ3) is 4.23. The van der Waals surface area contributed by atoms with Crippen LogP contribution < -0.4 is 0 Å². The molecule has 0 N–H and O–H groups in total. The van der Waals surface area contributed by atoms with Crippen LogP contribution in [0, 0.1) is 0 Å². The molecular formula is C11H14O2S. The van der Waals surface area contributed by atoms with E-state index in [1.807, 2.05) is 16.8 Å². The van der Waals surface area contributed by atoms with Crippen molar-refractivity contribution in [2.75, 3.05) is 6.61 Å². The van der Waals surface area contributed by atoms with Gasteiger partial charge in [0, 0.05) is 6.08 Å². The Morgan fingerprint density at radius 1 is 1.64 bits per heavy atom. The first-order valence-electron chi connectivity index (χ1n) is 4.70. The standard InChI is InChI=1S/C11H14O2S/c1-2-3-7-13-11(12)5-4-10-6-8-14-9-10/h4-6,8-9H,2-3,7H2,1H3/b5-4+. The molecule has 2 nitrogen and oxygen atoms in total. The third-order valence-corrected chi connectivity index (χ3v) is 2.40. The molecule has 1 aromatic heterocycles. The number of esters is 1. The third-order valence-electron chi connectivity index (χ3n) is 1.70. The molecule has 3 heteroatoms. The number of hydrogen-bond acceptors (Lipinski definition) is 3. The molecular weight excluding hydrogens is 196 g/mol. The van der Waals surface area contributed by atoms with Crippen molar-refractivity contribution in [3.63, 3.8) is 0 Å². The first-order valence-corrected chi connectivity index (χ1v) is 5.64. The summed E-state index contributed by atoms with van der Waals surface area (Å²) in [5.41, 5.74) is 1.04. The predicted octanol–water partition coefficient (Wildman–Crippen LogP) is 3.10.